The number of nitrogens with one attached hydrogen (secondary N) is 1. The summed E-state index contributed by atoms with van der Waals surface area (Å²) in [5.41, 5.74) is 7.13. The number of nitrogens with zero attached hydrogens (tertiary/aromatic N) is 5. The fourth-order valence-corrected chi connectivity index (χ4v) is 5.11. The van der Waals surface area contributed by atoms with Gasteiger partial charge in [-0.05, 0) is 74.2 Å². The number of hydrogen-bond acceptors (Lipinski definition) is 4. The van der Waals surface area contributed by atoms with Crippen molar-refractivity contribution in [3.63, 3.8) is 0 Å². The molecule has 1 saturated heterocycles. The van der Waals surface area contributed by atoms with E-state index in [1.54, 1.807) is 6.20 Å². The Bertz CT molecular complexity index is 1290. The molecule has 7 nitrogen and oxygen atoms in total. The first-order valence-electron chi connectivity index (χ1n) is 11.8. The monoisotopic (exact) mass is 444 g/mol. The van der Waals surface area contributed by atoms with Crippen LogP contribution in [0.15, 0.2) is 42.7 Å². The molecule has 33 heavy (non-hydrogen) atoms. The van der Waals surface area contributed by atoms with E-state index < -0.39 is 0 Å². The van der Waals surface area contributed by atoms with E-state index in [0.717, 1.165) is 48.2 Å². The van der Waals surface area contributed by atoms with E-state index in [4.69, 9.17) is 0 Å². The third-order valence-corrected chi connectivity index (χ3v) is 6.80. The van der Waals surface area contributed by atoms with E-state index in [1.165, 1.54) is 16.5 Å². The predicted molar refractivity (Wildman–Crippen MR) is 131 cm³/mol. The number of rotatable bonds is 5. The maximum atomic E-state index is 12.4. The van der Waals surface area contributed by atoms with Gasteiger partial charge in [-0.1, -0.05) is 25.1 Å². The number of amides is 1. The zero-order valence-corrected chi connectivity index (χ0v) is 19.9. The first kappa shape index (κ1) is 21.6. The van der Waals surface area contributed by atoms with Crippen LogP contribution in [-0.4, -0.2) is 69.2 Å². The van der Waals surface area contributed by atoms with Gasteiger partial charge in [-0.3, -0.25) is 4.79 Å². The van der Waals surface area contributed by atoms with Gasteiger partial charge in [0.05, 0.1) is 24.0 Å². The molecule has 0 spiro atoms. The molecule has 0 atom stereocenters. The summed E-state index contributed by atoms with van der Waals surface area (Å²) in [6.07, 6.45) is 5.84. The zero-order valence-electron chi connectivity index (χ0n) is 19.9. The Balaban J connectivity index is 1.44. The van der Waals surface area contributed by atoms with Crippen molar-refractivity contribution >= 4 is 22.3 Å². The Morgan fingerprint density at radius 1 is 1.18 bits per heavy atom. The number of H-pyrrole nitrogens is 1. The van der Waals surface area contributed by atoms with Gasteiger partial charge in [0.1, 0.15) is 0 Å². The lowest BCUT2D eigenvalue weighted by Crippen LogP contribution is -2.42. The number of carbonyl (C=O) groups is 1. The summed E-state index contributed by atoms with van der Waals surface area (Å²) in [5.74, 6) is 1.10. The number of aromatic nitrogens is 4. The number of piperidine rings is 1. The second-order valence-electron chi connectivity index (χ2n) is 9.79. The molecule has 0 saturated carbocycles. The summed E-state index contributed by atoms with van der Waals surface area (Å²) in [6, 6.07) is 11.0. The van der Waals surface area contributed by atoms with Gasteiger partial charge < -0.3 is 14.8 Å². The molecule has 172 valence electrons. The number of pyridine rings is 1. The molecule has 1 aromatic carbocycles. The number of likely N-dealkylation sites (tertiary alicyclic amines) is 1. The third-order valence-electron chi connectivity index (χ3n) is 6.80. The molecule has 1 fully saturated rings. The second kappa shape index (κ2) is 8.63. The second-order valence-corrected chi connectivity index (χ2v) is 9.79. The van der Waals surface area contributed by atoms with Gasteiger partial charge in [-0.25, -0.2) is 4.52 Å². The van der Waals surface area contributed by atoms with E-state index in [2.05, 4.69) is 59.5 Å². The van der Waals surface area contributed by atoms with Crippen molar-refractivity contribution in [2.24, 2.45) is 0 Å². The molecule has 4 heterocycles. The molecule has 0 radical (unpaired) electrons. The van der Waals surface area contributed by atoms with Gasteiger partial charge in [-0.15, -0.1) is 5.10 Å². The average molecular weight is 445 g/mol. The van der Waals surface area contributed by atoms with Crippen LogP contribution < -0.4 is 0 Å². The first-order chi connectivity index (χ1) is 15.9. The number of hydrogen-bond donors (Lipinski definition) is 1. The molecule has 5 rings (SSSR count). The minimum atomic E-state index is 0.232. The topological polar surface area (TPSA) is 69.5 Å². The minimum absolute atomic E-state index is 0.232. The van der Waals surface area contributed by atoms with Crippen LogP contribution in [-0.2, 0) is 4.79 Å². The van der Waals surface area contributed by atoms with E-state index in [0.29, 0.717) is 18.4 Å². The van der Waals surface area contributed by atoms with Crippen LogP contribution in [0.4, 0.5) is 0 Å². The van der Waals surface area contributed by atoms with Crippen LogP contribution in [0, 0.1) is 0 Å². The van der Waals surface area contributed by atoms with Crippen LogP contribution in [0.1, 0.15) is 49.7 Å². The standard InChI is InChI=1S/C26H32N6O/c1-17(2)25-22-13-19(18-9-11-31(12-10-18)24(33)16-30(3)4)6-8-23(22)28-26(25)20-5-7-21-14-27-29-32(21)15-20/h5-8,13-15,17-18,28H,9-12,16H2,1-4H3. The predicted octanol–water partition coefficient (Wildman–Crippen LogP) is 4.27. The summed E-state index contributed by atoms with van der Waals surface area (Å²) < 4.78 is 1.82. The normalized spacial score (nSPS) is 15.4. The molecule has 1 aliphatic heterocycles. The van der Waals surface area contributed by atoms with Crippen molar-refractivity contribution in [3.8, 4) is 11.3 Å². The zero-order chi connectivity index (χ0) is 23.1. The Hall–Kier alpha value is -3.19. The molecule has 4 aromatic rings. The van der Waals surface area contributed by atoms with Crippen LogP contribution in [0.5, 0.6) is 0 Å². The van der Waals surface area contributed by atoms with Crippen molar-refractivity contribution in [1.29, 1.82) is 0 Å². The van der Waals surface area contributed by atoms with Gasteiger partial charge in [0.15, 0.2) is 0 Å². The summed E-state index contributed by atoms with van der Waals surface area (Å²) in [5, 5.41) is 9.46. The lowest BCUT2D eigenvalue weighted by Gasteiger charge is -2.33. The van der Waals surface area contributed by atoms with Gasteiger partial charge in [0.2, 0.25) is 5.91 Å². The molecule has 1 aliphatic rings. The Morgan fingerprint density at radius 3 is 2.70 bits per heavy atom. The minimum Gasteiger partial charge on any atom is -0.354 e. The molecule has 3 aromatic heterocycles. The van der Waals surface area contributed by atoms with Crippen molar-refractivity contribution in [2.45, 2.75) is 38.5 Å². The summed E-state index contributed by atoms with van der Waals surface area (Å²) in [4.78, 5) is 20.0. The molecule has 1 amide bonds. The van der Waals surface area contributed by atoms with Crippen LogP contribution >= 0.6 is 0 Å². The molecular formula is C26H32N6O. The summed E-state index contributed by atoms with van der Waals surface area (Å²) >= 11 is 0. The number of carbonyl (C=O) groups excluding carboxylic acids is 1. The molecular weight excluding hydrogens is 412 g/mol. The first-order valence-corrected chi connectivity index (χ1v) is 11.8. The van der Waals surface area contributed by atoms with Crippen LogP contribution in [0.3, 0.4) is 0 Å². The highest BCUT2D eigenvalue weighted by atomic mass is 16.2. The SMILES string of the molecule is CC(C)c1c(-c2ccc3cnnn3c2)[nH]c2ccc(C3CCN(C(=O)CN(C)C)CC3)cc12. The number of benzene rings is 1. The van der Waals surface area contributed by atoms with Gasteiger partial charge >= 0.3 is 0 Å². The van der Waals surface area contributed by atoms with E-state index in [-0.39, 0.29) is 5.91 Å². The Kier molecular flexibility index (Phi) is 5.66. The van der Waals surface area contributed by atoms with Gasteiger partial charge in [-0.2, -0.15) is 0 Å². The van der Waals surface area contributed by atoms with Crippen molar-refractivity contribution in [3.05, 3.63) is 53.9 Å². The van der Waals surface area contributed by atoms with E-state index in [9.17, 15) is 4.79 Å². The lowest BCUT2D eigenvalue weighted by molar-refractivity contribution is -0.132. The number of aromatic amines is 1. The van der Waals surface area contributed by atoms with E-state index in [1.807, 2.05) is 34.6 Å². The maximum Gasteiger partial charge on any atom is 0.236 e. The maximum absolute atomic E-state index is 12.4. The largest absolute Gasteiger partial charge is 0.354 e. The fourth-order valence-electron chi connectivity index (χ4n) is 5.11. The highest BCUT2D eigenvalue weighted by Crippen LogP contribution is 2.38. The quantitative estimate of drug-likeness (QED) is 0.499. The van der Waals surface area contributed by atoms with Crippen LogP contribution in [0.25, 0.3) is 27.7 Å². The molecule has 7 heteroatoms. The van der Waals surface area contributed by atoms with Crippen molar-refractivity contribution < 1.29 is 4.79 Å². The Morgan fingerprint density at radius 2 is 1.97 bits per heavy atom. The summed E-state index contributed by atoms with van der Waals surface area (Å²) in [7, 11) is 3.89. The number of likely N-dealkylation sites (N-methyl/N-ethyl adjacent to an activating group) is 1. The third kappa shape index (κ3) is 4.13. The van der Waals surface area contributed by atoms with Crippen molar-refractivity contribution in [2.75, 3.05) is 33.7 Å². The number of fused-ring (bicyclic) bond motifs is 2. The fraction of sp³-hybridized carbons (Fsp3) is 0.423. The lowest BCUT2D eigenvalue weighted by atomic mass is 9.87. The van der Waals surface area contributed by atoms with E-state index >= 15 is 0 Å². The smallest absolute Gasteiger partial charge is 0.236 e. The van der Waals surface area contributed by atoms with Gasteiger partial charge in [0.25, 0.3) is 0 Å². The summed E-state index contributed by atoms with van der Waals surface area (Å²) in [6.45, 7) is 6.66. The Labute approximate surface area is 194 Å². The average Bonchev–Trinajstić information content (AvgIpc) is 3.42. The molecule has 1 N–H and O–H groups in total. The molecule has 0 unspecified atom stereocenters. The highest BCUT2D eigenvalue weighted by Gasteiger charge is 2.25. The highest BCUT2D eigenvalue weighted by molar-refractivity contribution is 5.92. The van der Waals surface area contributed by atoms with Crippen molar-refractivity contribution in [1.82, 2.24) is 29.6 Å². The van der Waals surface area contributed by atoms with Gasteiger partial charge in [0, 0.05) is 35.8 Å². The molecule has 0 aliphatic carbocycles. The molecule has 0 bridgehead atoms. The van der Waals surface area contributed by atoms with Crippen LogP contribution in [0.2, 0.25) is 0 Å².